The van der Waals surface area contributed by atoms with E-state index in [9.17, 15) is 20.1 Å². The summed E-state index contributed by atoms with van der Waals surface area (Å²) in [5.74, 6) is -0.399. The number of hydrogen-bond acceptors (Lipinski definition) is 7. The normalized spacial score (nSPS) is 55.1. The average Bonchev–Trinajstić information content (AvgIpc) is 3.27. The van der Waals surface area contributed by atoms with Gasteiger partial charge in [-0.3, -0.25) is 4.79 Å². The number of carbonyl (C=O) groups is 1. The first kappa shape index (κ1) is 16.5. The lowest BCUT2D eigenvalue weighted by molar-refractivity contribution is -0.262. The van der Waals surface area contributed by atoms with Crippen molar-refractivity contribution in [3.63, 3.8) is 0 Å². The van der Waals surface area contributed by atoms with Gasteiger partial charge in [0.25, 0.3) is 0 Å². The molecule has 1 saturated carbocycles. The minimum absolute atomic E-state index is 0.360. The van der Waals surface area contributed by atoms with E-state index in [0.29, 0.717) is 18.6 Å². The quantitative estimate of drug-likeness (QED) is 0.354. The van der Waals surface area contributed by atoms with Gasteiger partial charge in [0.15, 0.2) is 0 Å². The van der Waals surface area contributed by atoms with Crippen LogP contribution in [0.3, 0.4) is 0 Å². The summed E-state index contributed by atoms with van der Waals surface area (Å²) >= 11 is 0. The van der Waals surface area contributed by atoms with Gasteiger partial charge < -0.3 is 29.5 Å². The Morgan fingerprint density at radius 1 is 1.46 bits per heavy atom. The predicted molar refractivity (Wildman–Crippen MR) is 80.9 cm³/mol. The van der Waals surface area contributed by atoms with E-state index in [4.69, 9.17) is 14.2 Å². The van der Waals surface area contributed by atoms with E-state index >= 15 is 0 Å². The Bertz CT molecular complexity index is 612. The molecule has 7 nitrogen and oxygen atoms in total. The van der Waals surface area contributed by atoms with Crippen molar-refractivity contribution in [1.29, 1.82) is 0 Å². The van der Waals surface area contributed by atoms with Gasteiger partial charge >= 0.3 is 5.97 Å². The first-order valence-corrected chi connectivity index (χ1v) is 8.35. The van der Waals surface area contributed by atoms with Gasteiger partial charge in [0, 0.05) is 12.3 Å². The second-order valence-corrected chi connectivity index (χ2v) is 7.84. The molecule has 0 unspecified atom stereocenters. The molecule has 3 fully saturated rings. The maximum Gasteiger partial charge on any atom is 0.302 e. The number of aliphatic hydroxyl groups excluding tert-OH is 3. The molecule has 0 amide bonds. The number of ether oxygens (including phenoxy) is 3. The van der Waals surface area contributed by atoms with Crippen LogP contribution in [-0.4, -0.2) is 70.6 Å². The molecular weight excluding hydrogens is 316 g/mol. The SMILES string of the molecule is CC(=O)O[C@H]1C[C@@]2(C)[C@@]3(CO)[C@H](C=C(C)[C@@H](O)[C@H]3O)O[C@@H]1[C@]21CO1. The summed E-state index contributed by atoms with van der Waals surface area (Å²) in [6, 6.07) is 0. The van der Waals surface area contributed by atoms with E-state index < -0.39 is 52.9 Å². The van der Waals surface area contributed by atoms with Crippen molar-refractivity contribution >= 4 is 5.97 Å². The lowest BCUT2D eigenvalue weighted by atomic mass is 9.50. The van der Waals surface area contributed by atoms with Gasteiger partial charge in [0.2, 0.25) is 0 Å². The third kappa shape index (κ3) is 1.62. The van der Waals surface area contributed by atoms with Gasteiger partial charge in [-0.05, 0) is 18.9 Å². The molecule has 0 aromatic heterocycles. The van der Waals surface area contributed by atoms with E-state index in [2.05, 4.69) is 0 Å². The zero-order valence-electron chi connectivity index (χ0n) is 14.1. The second kappa shape index (κ2) is 4.80. The van der Waals surface area contributed by atoms with Gasteiger partial charge in [0.1, 0.15) is 23.9 Å². The molecule has 0 aromatic carbocycles. The summed E-state index contributed by atoms with van der Waals surface area (Å²) in [6.07, 6.45) is -1.61. The number of aliphatic hydroxyl groups is 3. The van der Waals surface area contributed by atoms with Crippen LogP contribution in [-0.2, 0) is 19.0 Å². The molecule has 2 saturated heterocycles. The molecule has 7 heteroatoms. The third-order valence-corrected chi connectivity index (χ3v) is 6.91. The minimum atomic E-state index is -1.19. The predicted octanol–water partition coefficient (Wildman–Crippen LogP) is -0.475. The molecule has 2 aliphatic carbocycles. The Balaban J connectivity index is 1.86. The highest BCUT2D eigenvalue weighted by molar-refractivity contribution is 5.66. The summed E-state index contributed by atoms with van der Waals surface area (Å²) in [6.45, 7) is 5.08. The number of esters is 1. The summed E-state index contributed by atoms with van der Waals surface area (Å²) in [4.78, 5) is 11.5. The van der Waals surface area contributed by atoms with Crippen LogP contribution in [0, 0.1) is 10.8 Å². The summed E-state index contributed by atoms with van der Waals surface area (Å²) in [5, 5.41) is 31.6. The Morgan fingerprint density at radius 3 is 2.67 bits per heavy atom. The first-order chi connectivity index (χ1) is 11.2. The average molecular weight is 340 g/mol. The van der Waals surface area contributed by atoms with Crippen LogP contribution >= 0.6 is 0 Å². The van der Waals surface area contributed by atoms with Crippen LogP contribution < -0.4 is 0 Å². The largest absolute Gasteiger partial charge is 0.460 e. The topological polar surface area (TPSA) is 109 Å². The van der Waals surface area contributed by atoms with Crippen molar-refractivity contribution in [3.8, 4) is 0 Å². The van der Waals surface area contributed by atoms with Gasteiger partial charge in [-0.15, -0.1) is 0 Å². The van der Waals surface area contributed by atoms with Gasteiger partial charge in [0.05, 0.1) is 30.8 Å². The van der Waals surface area contributed by atoms with Crippen molar-refractivity contribution in [2.45, 2.75) is 63.3 Å². The Morgan fingerprint density at radius 2 is 2.12 bits per heavy atom. The van der Waals surface area contributed by atoms with Crippen LogP contribution in [0.15, 0.2) is 11.6 Å². The van der Waals surface area contributed by atoms with Crippen molar-refractivity contribution in [3.05, 3.63) is 11.6 Å². The molecule has 24 heavy (non-hydrogen) atoms. The number of carbonyl (C=O) groups excluding carboxylic acids is 1. The van der Waals surface area contributed by atoms with Crippen molar-refractivity contribution in [1.82, 2.24) is 0 Å². The highest BCUT2D eigenvalue weighted by Gasteiger charge is 2.83. The number of rotatable bonds is 2. The zero-order chi connectivity index (χ0) is 17.5. The highest BCUT2D eigenvalue weighted by Crippen LogP contribution is 2.71. The van der Waals surface area contributed by atoms with E-state index in [1.54, 1.807) is 13.0 Å². The Hall–Kier alpha value is -0.990. The lowest BCUT2D eigenvalue weighted by Gasteiger charge is -2.59. The third-order valence-electron chi connectivity index (χ3n) is 6.91. The maximum absolute atomic E-state index is 11.5. The van der Waals surface area contributed by atoms with Crippen molar-refractivity contribution in [2.24, 2.45) is 10.8 Å². The number of fused-ring (bicyclic) bond motifs is 2. The molecule has 0 aromatic rings. The van der Waals surface area contributed by atoms with E-state index in [1.165, 1.54) is 6.92 Å². The number of hydrogen-bond donors (Lipinski definition) is 3. The van der Waals surface area contributed by atoms with Crippen molar-refractivity contribution < 1.29 is 34.3 Å². The Kier molecular flexibility index (Phi) is 3.29. The van der Waals surface area contributed by atoms with Crippen LogP contribution in [0.2, 0.25) is 0 Å². The van der Waals surface area contributed by atoms with Gasteiger partial charge in [-0.1, -0.05) is 13.0 Å². The van der Waals surface area contributed by atoms with E-state index in [1.807, 2.05) is 6.92 Å². The fraction of sp³-hybridized carbons (Fsp3) is 0.824. The second-order valence-electron chi connectivity index (χ2n) is 7.84. The fourth-order valence-corrected chi connectivity index (χ4v) is 5.46. The lowest BCUT2D eigenvalue weighted by Crippen LogP contribution is -2.71. The highest BCUT2D eigenvalue weighted by atomic mass is 16.7. The molecule has 134 valence electrons. The smallest absolute Gasteiger partial charge is 0.302 e. The summed E-state index contributed by atoms with van der Waals surface area (Å²) in [7, 11) is 0. The summed E-state index contributed by atoms with van der Waals surface area (Å²) < 4.78 is 17.5. The molecule has 1 spiro atoms. The maximum atomic E-state index is 11.5. The first-order valence-electron chi connectivity index (χ1n) is 8.35. The van der Waals surface area contributed by atoms with Crippen molar-refractivity contribution in [2.75, 3.05) is 13.2 Å². The molecule has 3 N–H and O–H groups in total. The fourth-order valence-electron chi connectivity index (χ4n) is 5.46. The zero-order valence-corrected chi connectivity index (χ0v) is 14.1. The van der Waals surface area contributed by atoms with Crippen LogP contribution in [0.25, 0.3) is 0 Å². The van der Waals surface area contributed by atoms with Gasteiger partial charge in [-0.2, -0.15) is 0 Å². The van der Waals surface area contributed by atoms with Gasteiger partial charge in [-0.25, -0.2) is 0 Å². The molecule has 2 heterocycles. The minimum Gasteiger partial charge on any atom is -0.460 e. The van der Waals surface area contributed by atoms with Crippen LogP contribution in [0.1, 0.15) is 27.2 Å². The van der Waals surface area contributed by atoms with E-state index in [-0.39, 0.29) is 6.61 Å². The number of epoxide rings is 1. The molecule has 0 radical (unpaired) electrons. The molecule has 8 atom stereocenters. The molecule has 2 aliphatic heterocycles. The molecular formula is C17H24O7. The van der Waals surface area contributed by atoms with E-state index in [0.717, 1.165) is 0 Å². The molecule has 2 bridgehead atoms. The molecule has 4 aliphatic rings. The van der Waals surface area contributed by atoms with Crippen LogP contribution in [0.5, 0.6) is 0 Å². The molecule has 4 rings (SSSR count). The van der Waals surface area contributed by atoms with Crippen LogP contribution in [0.4, 0.5) is 0 Å². The standard InChI is InChI=1S/C17H24O7/c1-8-4-11-16(6-18,13(21)12(8)20)15(3)5-10(23-9(2)19)14(24-11)17(15)7-22-17/h4,10-14,18,20-21H,5-7H2,1-3H3/t10-,11-,12+,13+,14-,15-,16-,17+/m0/s1. The summed E-state index contributed by atoms with van der Waals surface area (Å²) in [5.41, 5.74) is -1.91. The Labute approximate surface area is 140 Å². The monoisotopic (exact) mass is 340 g/mol.